The fraction of sp³-hybridized carbons (Fsp3) is 0.240. The van der Waals surface area contributed by atoms with E-state index in [0.29, 0.717) is 6.54 Å². The zero-order chi connectivity index (χ0) is 20.2. The topological polar surface area (TPSA) is 45.6 Å². The summed E-state index contributed by atoms with van der Waals surface area (Å²) in [6.45, 7) is 0.618. The van der Waals surface area contributed by atoms with Crippen LogP contribution < -0.4 is 15.4 Å². The van der Waals surface area contributed by atoms with Gasteiger partial charge in [-0.05, 0) is 66.3 Å². The zero-order valence-electron chi connectivity index (χ0n) is 16.8. The van der Waals surface area contributed by atoms with Gasteiger partial charge in [0.25, 0.3) is 0 Å². The molecule has 1 saturated heterocycles. The average molecular weight is 416 g/mol. The molecule has 0 aliphatic carbocycles. The number of nitrogens with one attached hydrogen (secondary N) is 2. The summed E-state index contributed by atoms with van der Waals surface area (Å²) in [6.07, 6.45) is 2.16. The van der Waals surface area contributed by atoms with Gasteiger partial charge in [-0.15, -0.1) is 0 Å². The van der Waals surface area contributed by atoms with Gasteiger partial charge in [0.05, 0.1) is 23.5 Å². The minimum Gasteiger partial charge on any atom is -0.457 e. The van der Waals surface area contributed by atoms with Crippen molar-refractivity contribution < 1.29 is 4.74 Å². The Bertz CT molecular complexity index is 1050. The molecule has 4 nitrogen and oxygen atoms in total. The predicted octanol–water partition coefficient (Wildman–Crippen LogP) is 6.18. The number of anilines is 2. The van der Waals surface area contributed by atoms with E-state index >= 15 is 0 Å². The maximum atomic E-state index is 5.99. The van der Waals surface area contributed by atoms with Gasteiger partial charge in [0, 0.05) is 0 Å². The summed E-state index contributed by atoms with van der Waals surface area (Å²) in [4.78, 5) is 5.06. The largest absolute Gasteiger partial charge is 0.457 e. The van der Waals surface area contributed by atoms with E-state index in [-0.39, 0.29) is 5.54 Å². The van der Waals surface area contributed by atoms with E-state index in [0.717, 1.165) is 52.9 Å². The number of thioether (sulfide) groups is 1. The van der Waals surface area contributed by atoms with Crippen molar-refractivity contribution in [1.29, 1.82) is 0 Å². The molecule has 2 N–H and O–H groups in total. The van der Waals surface area contributed by atoms with E-state index in [4.69, 9.17) is 9.73 Å². The standard InChI is InChI=1S/C25H25N3OS/c1-2-8-20(9-3-1)29-21-10-6-7-19(17-21)18-26-24-25(13-15-30-16-14-25)28-23-12-5-4-11-22(23)27-24/h1-12,17,28H,13-16,18H2,(H,26,27). The van der Waals surface area contributed by atoms with Gasteiger partial charge in [-0.3, -0.25) is 4.99 Å². The number of nitrogens with zero attached hydrogens (tertiary/aromatic N) is 1. The molecule has 1 fully saturated rings. The van der Waals surface area contributed by atoms with Crippen LogP contribution in [0.3, 0.4) is 0 Å². The summed E-state index contributed by atoms with van der Waals surface area (Å²) in [6, 6.07) is 26.5. The number of amidine groups is 1. The molecular weight excluding hydrogens is 390 g/mol. The first kappa shape index (κ1) is 19.1. The Labute approximate surface area is 181 Å². The monoisotopic (exact) mass is 415 g/mol. The quantitative estimate of drug-likeness (QED) is 0.534. The van der Waals surface area contributed by atoms with Crippen LogP contribution in [0, 0.1) is 0 Å². The third kappa shape index (κ3) is 4.03. The Morgan fingerprint density at radius 3 is 2.40 bits per heavy atom. The first-order valence-corrected chi connectivity index (χ1v) is 11.6. The lowest BCUT2D eigenvalue weighted by Gasteiger charge is -2.43. The molecule has 2 aliphatic heterocycles. The van der Waals surface area contributed by atoms with E-state index in [2.05, 4.69) is 47.0 Å². The zero-order valence-corrected chi connectivity index (χ0v) is 17.6. The maximum absolute atomic E-state index is 5.99. The highest BCUT2D eigenvalue weighted by Gasteiger charge is 2.40. The molecule has 0 unspecified atom stereocenters. The first-order valence-electron chi connectivity index (χ1n) is 10.4. The van der Waals surface area contributed by atoms with Crippen LogP contribution in [0.15, 0.2) is 83.9 Å². The number of rotatable bonds is 4. The second-order valence-electron chi connectivity index (χ2n) is 7.72. The van der Waals surface area contributed by atoms with Gasteiger partial charge in [0.2, 0.25) is 0 Å². The highest BCUT2D eigenvalue weighted by atomic mass is 32.2. The normalized spacial score (nSPS) is 18.3. The molecule has 2 heterocycles. The fourth-order valence-corrected chi connectivity index (χ4v) is 5.23. The Balaban J connectivity index is 1.39. The second-order valence-corrected chi connectivity index (χ2v) is 8.94. The number of ether oxygens (including phenoxy) is 1. The third-order valence-corrected chi connectivity index (χ3v) is 6.64. The summed E-state index contributed by atoms with van der Waals surface area (Å²) in [5, 5.41) is 7.44. The number of para-hydroxylation sites is 3. The van der Waals surface area contributed by atoms with Crippen LogP contribution >= 0.6 is 11.8 Å². The molecule has 3 aromatic carbocycles. The van der Waals surface area contributed by atoms with Gasteiger partial charge in [-0.25, -0.2) is 0 Å². The summed E-state index contributed by atoms with van der Waals surface area (Å²) < 4.78 is 5.99. The van der Waals surface area contributed by atoms with Crippen molar-refractivity contribution >= 4 is 29.0 Å². The average Bonchev–Trinajstić information content (AvgIpc) is 2.79. The molecule has 152 valence electrons. The summed E-state index contributed by atoms with van der Waals surface area (Å²) in [5.74, 6) is 5.03. The molecule has 0 atom stereocenters. The summed E-state index contributed by atoms with van der Waals surface area (Å²) >= 11 is 2.02. The van der Waals surface area contributed by atoms with Crippen molar-refractivity contribution in [3.63, 3.8) is 0 Å². The molecule has 3 aromatic rings. The highest BCUT2D eigenvalue weighted by molar-refractivity contribution is 7.99. The molecule has 30 heavy (non-hydrogen) atoms. The van der Waals surface area contributed by atoms with Gasteiger partial charge < -0.3 is 15.4 Å². The Hall–Kier alpha value is -2.92. The smallest absolute Gasteiger partial charge is 0.127 e. The predicted molar refractivity (Wildman–Crippen MR) is 127 cm³/mol. The lowest BCUT2D eigenvalue weighted by Crippen LogP contribution is -2.54. The summed E-state index contributed by atoms with van der Waals surface area (Å²) in [5.41, 5.74) is 3.30. The minimum atomic E-state index is -0.0995. The highest BCUT2D eigenvalue weighted by Crippen LogP contribution is 2.38. The van der Waals surface area contributed by atoms with Crippen LogP contribution in [-0.4, -0.2) is 22.9 Å². The SMILES string of the molecule is c1ccc(Oc2cccc(CN=C3Nc4ccccc4NC34CCSCC4)c2)cc1. The van der Waals surface area contributed by atoms with E-state index in [1.165, 1.54) is 5.69 Å². The van der Waals surface area contributed by atoms with Crippen molar-refractivity contribution in [2.24, 2.45) is 4.99 Å². The number of hydrogen-bond donors (Lipinski definition) is 2. The van der Waals surface area contributed by atoms with Gasteiger partial charge >= 0.3 is 0 Å². The molecule has 0 radical (unpaired) electrons. The van der Waals surface area contributed by atoms with Gasteiger partial charge in [0.15, 0.2) is 0 Å². The van der Waals surface area contributed by atoms with Gasteiger partial charge in [0.1, 0.15) is 17.3 Å². The van der Waals surface area contributed by atoms with Crippen LogP contribution in [0.4, 0.5) is 11.4 Å². The fourth-order valence-electron chi connectivity index (χ4n) is 4.04. The van der Waals surface area contributed by atoms with Crippen LogP contribution in [0.2, 0.25) is 0 Å². The molecule has 0 saturated carbocycles. The lowest BCUT2D eigenvalue weighted by atomic mass is 9.87. The van der Waals surface area contributed by atoms with Crippen molar-refractivity contribution in [3.05, 3.63) is 84.4 Å². The van der Waals surface area contributed by atoms with Crippen molar-refractivity contribution in [2.45, 2.75) is 24.9 Å². The van der Waals surface area contributed by atoms with Crippen molar-refractivity contribution in [1.82, 2.24) is 0 Å². The second kappa shape index (κ2) is 8.44. The van der Waals surface area contributed by atoms with E-state index < -0.39 is 0 Å². The number of benzene rings is 3. The number of aliphatic imine (C=N–C) groups is 1. The van der Waals surface area contributed by atoms with Gasteiger partial charge in [-0.2, -0.15) is 11.8 Å². The molecule has 5 rings (SSSR count). The van der Waals surface area contributed by atoms with E-state index in [9.17, 15) is 0 Å². The number of fused-ring (bicyclic) bond motifs is 1. The molecule has 0 bridgehead atoms. The minimum absolute atomic E-state index is 0.0995. The molecule has 0 amide bonds. The summed E-state index contributed by atoms with van der Waals surface area (Å²) in [7, 11) is 0. The number of hydrogen-bond acceptors (Lipinski definition) is 4. The van der Waals surface area contributed by atoms with E-state index in [1.54, 1.807) is 0 Å². The van der Waals surface area contributed by atoms with Crippen molar-refractivity contribution in [2.75, 3.05) is 22.1 Å². The molecule has 0 aromatic heterocycles. The third-order valence-electron chi connectivity index (χ3n) is 5.65. The first-order chi connectivity index (χ1) is 14.8. The Morgan fingerprint density at radius 1 is 0.833 bits per heavy atom. The van der Waals surface area contributed by atoms with Crippen LogP contribution in [0.5, 0.6) is 11.5 Å². The van der Waals surface area contributed by atoms with E-state index in [1.807, 2.05) is 54.2 Å². The van der Waals surface area contributed by atoms with Gasteiger partial charge in [-0.1, -0.05) is 42.5 Å². The van der Waals surface area contributed by atoms with Crippen LogP contribution in [0.1, 0.15) is 18.4 Å². The molecule has 1 spiro atoms. The maximum Gasteiger partial charge on any atom is 0.127 e. The van der Waals surface area contributed by atoms with Crippen LogP contribution in [0.25, 0.3) is 0 Å². The lowest BCUT2D eigenvalue weighted by molar-refractivity contribution is 0.482. The Kier molecular flexibility index (Phi) is 5.37. The Morgan fingerprint density at radius 2 is 1.57 bits per heavy atom. The molecular formula is C25H25N3OS. The van der Waals surface area contributed by atoms with Crippen molar-refractivity contribution in [3.8, 4) is 11.5 Å². The molecule has 2 aliphatic rings. The van der Waals surface area contributed by atoms with Crippen LogP contribution in [-0.2, 0) is 6.54 Å². The molecule has 5 heteroatoms.